The molecule has 0 aromatic carbocycles. The summed E-state index contributed by atoms with van der Waals surface area (Å²) in [6.07, 6.45) is 5.80. The van der Waals surface area contributed by atoms with Crippen LogP contribution in [-0.4, -0.2) is 48.2 Å². The van der Waals surface area contributed by atoms with Gasteiger partial charge in [-0.05, 0) is 19.8 Å². The number of likely N-dealkylation sites (tertiary alicyclic amines) is 1. The van der Waals surface area contributed by atoms with Gasteiger partial charge in [-0.15, -0.1) is 10.2 Å². The molecule has 1 atom stereocenters. The predicted octanol–water partition coefficient (Wildman–Crippen LogP) is 2.12. The molecule has 0 bridgehead atoms. The molecular weight excluding hydrogens is 316 g/mol. The van der Waals surface area contributed by atoms with Gasteiger partial charge in [0.1, 0.15) is 11.6 Å². The highest BCUT2D eigenvalue weighted by molar-refractivity contribution is 5.81. The average molecular weight is 344 g/mol. The monoisotopic (exact) mass is 344 g/mol. The first kappa shape index (κ1) is 17.6. The standard InChI is InChI=1S/C18H28N6O/c1-13-19-8-10-23(13)12-15-20-21-16(22(15)5)14-7-6-9-24(11-14)17(25)18(2,3)4/h8,10,14H,6-7,9,11-12H2,1-5H3/t14-/m1/s1. The first-order chi connectivity index (χ1) is 11.8. The maximum Gasteiger partial charge on any atom is 0.227 e. The molecule has 1 fully saturated rings. The first-order valence-electron chi connectivity index (χ1n) is 8.92. The van der Waals surface area contributed by atoms with Crippen molar-refractivity contribution in [2.45, 2.75) is 53.0 Å². The lowest BCUT2D eigenvalue weighted by Crippen LogP contribution is -2.45. The minimum Gasteiger partial charge on any atom is -0.342 e. The summed E-state index contributed by atoms with van der Waals surface area (Å²) < 4.78 is 4.14. The van der Waals surface area contributed by atoms with Crippen molar-refractivity contribution in [3.05, 3.63) is 29.9 Å². The molecule has 3 heterocycles. The second-order valence-corrected chi connectivity index (χ2v) is 7.98. The van der Waals surface area contributed by atoms with Gasteiger partial charge >= 0.3 is 0 Å². The van der Waals surface area contributed by atoms with Gasteiger partial charge in [0.25, 0.3) is 0 Å². The van der Waals surface area contributed by atoms with Crippen LogP contribution in [0.25, 0.3) is 0 Å². The third-order valence-electron chi connectivity index (χ3n) is 4.95. The molecule has 1 amide bonds. The second-order valence-electron chi connectivity index (χ2n) is 7.98. The summed E-state index contributed by atoms with van der Waals surface area (Å²) in [5.41, 5.74) is -0.341. The fraction of sp³-hybridized carbons (Fsp3) is 0.667. The Morgan fingerprint density at radius 2 is 2.08 bits per heavy atom. The van der Waals surface area contributed by atoms with E-state index in [2.05, 4.69) is 24.3 Å². The Morgan fingerprint density at radius 3 is 2.72 bits per heavy atom. The fourth-order valence-corrected chi connectivity index (χ4v) is 3.44. The zero-order valence-electron chi connectivity index (χ0n) is 15.9. The number of aryl methyl sites for hydroxylation is 1. The number of carbonyl (C=O) groups excluding carboxylic acids is 1. The number of rotatable bonds is 3. The highest BCUT2D eigenvalue weighted by atomic mass is 16.2. The molecule has 2 aromatic heterocycles. The van der Waals surface area contributed by atoms with Crippen molar-refractivity contribution in [2.75, 3.05) is 13.1 Å². The lowest BCUT2D eigenvalue weighted by atomic mass is 9.91. The van der Waals surface area contributed by atoms with Crippen LogP contribution in [0, 0.1) is 12.3 Å². The Balaban J connectivity index is 1.76. The van der Waals surface area contributed by atoms with E-state index in [0.717, 1.165) is 43.4 Å². The molecule has 25 heavy (non-hydrogen) atoms. The minimum absolute atomic E-state index is 0.216. The van der Waals surface area contributed by atoms with Crippen LogP contribution in [0.1, 0.15) is 57.0 Å². The molecule has 0 radical (unpaired) electrons. The maximum atomic E-state index is 12.6. The summed E-state index contributed by atoms with van der Waals surface area (Å²) in [4.78, 5) is 18.8. The van der Waals surface area contributed by atoms with Crippen molar-refractivity contribution >= 4 is 5.91 Å². The van der Waals surface area contributed by atoms with Crippen LogP contribution in [0.15, 0.2) is 12.4 Å². The average Bonchev–Trinajstić information content (AvgIpc) is 3.13. The predicted molar refractivity (Wildman–Crippen MR) is 95.1 cm³/mol. The number of hydrogen-bond acceptors (Lipinski definition) is 4. The zero-order valence-corrected chi connectivity index (χ0v) is 15.9. The SMILES string of the molecule is Cc1nccn1Cc1nnc([C@@H]2CCCN(C(=O)C(C)(C)C)C2)n1C. The Kier molecular flexibility index (Phi) is 4.67. The molecule has 136 valence electrons. The number of piperidine rings is 1. The lowest BCUT2D eigenvalue weighted by molar-refractivity contribution is -0.140. The van der Waals surface area contributed by atoms with Crippen molar-refractivity contribution in [1.29, 1.82) is 0 Å². The molecule has 1 aliphatic heterocycles. The molecule has 0 spiro atoms. The third kappa shape index (κ3) is 3.60. The highest BCUT2D eigenvalue weighted by Gasteiger charge is 2.33. The van der Waals surface area contributed by atoms with E-state index in [4.69, 9.17) is 0 Å². The molecule has 7 heteroatoms. The Hall–Kier alpha value is -2.18. The fourth-order valence-electron chi connectivity index (χ4n) is 3.44. The van der Waals surface area contributed by atoms with Gasteiger partial charge in [-0.1, -0.05) is 20.8 Å². The lowest BCUT2D eigenvalue weighted by Gasteiger charge is -2.36. The van der Waals surface area contributed by atoms with Gasteiger partial charge < -0.3 is 14.0 Å². The van der Waals surface area contributed by atoms with Crippen LogP contribution in [-0.2, 0) is 18.4 Å². The Bertz CT molecular complexity index is 754. The zero-order chi connectivity index (χ0) is 18.2. The topological polar surface area (TPSA) is 68.8 Å². The summed E-state index contributed by atoms with van der Waals surface area (Å²) in [6.45, 7) is 10.1. The van der Waals surface area contributed by atoms with E-state index in [9.17, 15) is 4.79 Å². The quantitative estimate of drug-likeness (QED) is 0.855. The van der Waals surface area contributed by atoms with Gasteiger partial charge in [-0.3, -0.25) is 4.79 Å². The maximum absolute atomic E-state index is 12.6. The van der Waals surface area contributed by atoms with Crippen LogP contribution in [0.2, 0.25) is 0 Å². The van der Waals surface area contributed by atoms with Gasteiger partial charge in [-0.25, -0.2) is 4.98 Å². The molecule has 0 unspecified atom stereocenters. The van der Waals surface area contributed by atoms with E-state index in [1.54, 1.807) is 6.20 Å². The molecule has 2 aromatic rings. The van der Waals surface area contributed by atoms with Gasteiger partial charge in [0.15, 0.2) is 5.82 Å². The van der Waals surface area contributed by atoms with Gasteiger partial charge in [-0.2, -0.15) is 0 Å². The molecule has 1 saturated heterocycles. The van der Waals surface area contributed by atoms with Crippen LogP contribution >= 0.6 is 0 Å². The van der Waals surface area contributed by atoms with E-state index in [0.29, 0.717) is 6.54 Å². The number of hydrogen-bond donors (Lipinski definition) is 0. The van der Waals surface area contributed by atoms with Crippen molar-refractivity contribution < 1.29 is 4.79 Å². The van der Waals surface area contributed by atoms with Crippen molar-refractivity contribution in [3.8, 4) is 0 Å². The van der Waals surface area contributed by atoms with Gasteiger partial charge in [0, 0.05) is 43.9 Å². The first-order valence-corrected chi connectivity index (χ1v) is 8.92. The van der Waals surface area contributed by atoms with Crippen molar-refractivity contribution in [1.82, 2.24) is 29.2 Å². The number of aromatic nitrogens is 5. The summed E-state index contributed by atoms with van der Waals surface area (Å²) >= 11 is 0. The van der Waals surface area contributed by atoms with Gasteiger partial charge in [0.2, 0.25) is 5.91 Å². The highest BCUT2D eigenvalue weighted by Crippen LogP contribution is 2.29. The smallest absolute Gasteiger partial charge is 0.227 e. The third-order valence-corrected chi connectivity index (χ3v) is 4.95. The van der Waals surface area contributed by atoms with E-state index < -0.39 is 0 Å². The van der Waals surface area contributed by atoms with Crippen LogP contribution < -0.4 is 0 Å². The molecule has 7 nitrogen and oxygen atoms in total. The summed E-state index contributed by atoms with van der Waals surface area (Å²) in [5, 5.41) is 8.83. The molecule has 1 aliphatic rings. The van der Waals surface area contributed by atoms with Crippen LogP contribution in [0.5, 0.6) is 0 Å². The minimum atomic E-state index is -0.341. The molecule has 3 rings (SSSR count). The van der Waals surface area contributed by atoms with E-state index in [1.165, 1.54) is 0 Å². The number of amides is 1. The van der Waals surface area contributed by atoms with Crippen LogP contribution in [0.4, 0.5) is 0 Å². The van der Waals surface area contributed by atoms with Gasteiger partial charge in [0.05, 0.1) is 6.54 Å². The molecule has 0 aliphatic carbocycles. The molecular formula is C18H28N6O. The van der Waals surface area contributed by atoms with E-state index in [-0.39, 0.29) is 17.2 Å². The molecule has 0 saturated carbocycles. The Morgan fingerprint density at radius 1 is 1.32 bits per heavy atom. The number of carbonyl (C=O) groups is 1. The molecule has 0 N–H and O–H groups in total. The largest absolute Gasteiger partial charge is 0.342 e. The summed E-state index contributed by atoms with van der Waals surface area (Å²) in [7, 11) is 2.02. The Labute approximate surface area is 149 Å². The van der Waals surface area contributed by atoms with Crippen molar-refractivity contribution in [3.63, 3.8) is 0 Å². The van der Waals surface area contributed by atoms with Crippen LogP contribution in [0.3, 0.4) is 0 Å². The second kappa shape index (κ2) is 6.61. The normalized spacial score (nSPS) is 18.6. The van der Waals surface area contributed by atoms with E-state index >= 15 is 0 Å². The number of nitrogens with zero attached hydrogens (tertiary/aromatic N) is 6. The van der Waals surface area contributed by atoms with E-state index in [1.807, 2.05) is 45.8 Å². The number of imidazole rings is 1. The summed E-state index contributed by atoms with van der Waals surface area (Å²) in [5.74, 6) is 3.31. The van der Waals surface area contributed by atoms with Crippen molar-refractivity contribution in [2.24, 2.45) is 12.5 Å². The summed E-state index contributed by atoms with van der Waals surface area (Å²) in [6, 6.07) is 0.